The molecule has 2 aromatic rings. The first-order chi connectivity index (χ1) is 14.9. The largest absolute Gasteiger partial charge is 0.493 e. The van der Waals surface area contributed by atoms with Crippen LogP contribution in [0.15, 0.2) is 36.4 Å². The maximum absolute atomic E-state index is 12.4. The summed E-state index contributed by atoms with van der Waals surface area (Å²) in [5.41, 5.74) is 3.20. The van der Waals surface area contributed by atoms with Gasteiger partial charge < -0.3 is 19.5 Å². The van der Waals surface area contributed by atoms with Crippen LogP contribution in [0.2, 0.25) is 0 Å². The SMILES string of the molecule is CCc1cccc(CC)c1NC(=O)COC(=O)c1ccc(OCCC(C)C)c(OC)c1. The molecule has 0 aliphatic rings. The second-order valence-electron chi connectivity index (χ2n) is 7.68. The maximum Gasteiger partial charge on any atom is 0.338 e. The van der Waals surface area contributed by atoms with Gasteiger partial charge in [-0.3, -0.25) is 4.79 Å². The Balaban J connectivity index is 1.99. The van der Waals surface area contributed by atoms with Crippen LogP contribution < -0.4 is 14.8 Å². The fraction of sp³-hybridized carbons (Fsp3) is 0.440. The number of ether oxygens (including phenoxy) is 3. The van der Waals surface area contributed by atoms with Crippen molar-refractivity contribution in [3.63, 3.8) is 0 Å². The summed E-state index contributed by atoms with van der Waals surface area (Å²) in [6.07, 6.45) is 2.52. The second-order valence-corrected chi connectivity index (χ2v) is 7.68. The highest BCUT2D eigenvalue weighted by atomic mass is 16.5. The standard InChI is InChI=1S/C25H33NO5/c1-6-18-9-8-10-19(7-2)24(18)26-23(27)16-31-25(28)20-11-12-21(22(15-20)29-5)30-14-13-17(3)4/h8-12,15,17H,6-7,13-14,16H2,1-5H3,(H,26,27). The molecule has 0 fully saturated rings. The molecule has 0 saturated carbocycles. The van der Waals surface area contributed by atoms with E-state index in [1.165, 1.54) is 7.11 Å². The number of esters is 1. The van der Waals surface area contributed by atoms with Gasteiger partial charge >= 0.3 is 5.97 Å². The first-order valence-corrected chi connectivity index (χ1v) is 10.8. The number of aryl methyl sites for hydroxylation is 2. The molecule has 6 heteroatoms. The summed E-state index contributed by atoms with van der Waals surface area (Å²) in [4.78, 5) is 24.8. The average molecular weight is 428 g/mol. The third kappa shape index (κ3) is 7.02. The molecular weight excluding hydrogens is 394 g/mol. The van der Waals surface area contributed by atoms with Crippen molar-refractivity contribution in [2.24, 2.45) is 5.92 Å². The summed E-state index contributed by atoms with van der Waals surface area (Å²) in [5, 5.41) is 2.89. The van der Waals surface area contributed by atoms with Crippen molar-refractivity contribution in [2.75, 3.05) is 25.6 Å². The summed E-state index contributed by atoms with van der Waals surface area (Å²) in [6.45, 7) is 8.52. The minimum atomic E-state index is -0.596. The summed E-state index contributed by atoms with van der Waals surface area (Å²) in [6, 6.07) is 10.8. The van der Waals surface area contributed by atoms with Crippen LogP contribution in [0, 0.1) is 5.92 Å². The van der Waals surface area contributed by atoms with Crippen molar-refractivity contribution < 1.29 is 23.8 Å². The molecule has 2 rings (SSSR count). The van der Waals surface area contributed by atoms with E-state index in [9.17, 15) is 9.59 Å². The van der Waals surface area contributed by atoms with Gasteiger partial charge in [-0.15, -0.1) is 0 Å². The molecular formula is C25H33NO5. The molecule has 2 aromatic carbocycles. The molecule has 0 unspecified atom stereocenters. The predicted octanol–water partition coefficient (Wildman–Crippen LogP) is 5.04. The van der Waals surface area contributed by atoms with Crippen LogP contribution in [0.4, 0.5) is 5.69 Å². The molecule has 6 nitrogen and oxygen atoms in total. The molecule has 0 heterocycles. The Hall–Kier alpha value is -3.02. The summed E-state index contributed by atoms with van der Waals surface area (Å²) in [7, 11) is 1.52. The van der Waals surface area contributed by atoms with E-state index in [2.05, 4.69) is 19.2 Å². The predicted molar refractivity (Wildman–Crippen MR) is 122 cm³/mol. The van der Waals surface area contributed by atoms with Gasteiger partial charge in [-0.1, -0.05) is 45.9 Å². The molecule has 0 atom stereocenters. The van der Waals surface area contributed by atoms with Crippen molar-refractivity contribution >= 4 is 17.6 Å². The number of hydrogen-bond acceptors (Lipinski definition) is 5. The summed E-state index contributed by atoms with van der Waals surface area (Å²) in [5.74, 6) is 0.586. The molecule has 0 aromatic heterocycles. The minimum Gasteiger partial charge on any atom is -0.493 e. The van der Waals surface area contributed by atoms with Gasteiger partial charge in [0.05, 0.1) is 19.3 Å². The summed E-state index contributed by atoms with van der Waals surface area (Å²) < 4.78 is 16.3. The fourth-order valence-corrected chi connectivity index (χ4v) is 3.11. The Morgan fingerprint density at radius 1 is 1.00 bits per heavy atom. The lowest BCUT2D eigenvalue weighted by atomic mass is 10.0. The molecule has 1 amide bonds. The van der Waals surface area contributed by atoms with Crippen molar-refractivity contribution in [2.45, 2.75) is 47.0 Å². The fourth-order valence-electron chi connectivity index (χ4n) is 3.11. The molecule has 0 spiro atoms. The van der Waals surface area contributed by atoms with Crippen LogP contribution in [0.3, 0.4) is 0 Å². The van der Waals surface area contributed by atoms with E-state index in [4.69, 9.17) is 14.2 Å². The highest BCUT2D eigenvalue weighted by Crippen LogP contribution is 2.29. The van der Waals surface area contributed by atoms with Gasteiger partial charge in [0.15, 0.2) is 18.1 Å². The summed E-state index contributed by atoms with van der Waals surface area (Å²) >= 11 is 0. The third-order valence-corrected chi connectivity index (χ3v) is 4.95. The first-order valence-electron chi connectivity index (χ1n) is 10.8. The minimum absolute atomic E-state index is 0.295. The van der Waals surface area contributed by atoms with Crippen molar-refractivity contribution in [1.29, 1.82) is 0 Å². The van der Waals surface area contributed by atoms with Gasteiger partial charge in [0.1, 0.15) is 0 Å². The number of methoxy groups -OCH3 is 1. The molecule has 1 N–H and O–H groups in total. The molecule has 0 radical (unpaired) electrons. The number of amides is 1. The highest BCUT2D eigenvalue weighted by molar-refractivity contribution is 5.96. The Bertz CT molecular complexity index is 869. The van der Waals surface area contributed by atoms with E-state index in [0.717, 1.165) is 36.1 Å². The average Bonchev–Trinajstić information content (AvgIpc) is 2.77. The van der Waals surface area contributed by atoms with Gasteiger partial charge in [-0.2, -0.15) is 0 Å². The van der Waals surface area contributed by atoms with E-state index in [1.807, 2.05) is 32.0 Å². The third-order valence-electron chi connectivity index (χ3n) is 4.95. The topological polar surface area (TPSA) is 73.9 Å². The van der Waals surface area contributed by atoms with Crippen LogP contribution in [0.5, 0.6) is 11.5 Å². The number of anilines is 1. The number of carbonyl (C=O) groups excluding carboxylic acids is 2. The van der Waals surface area contributed by atoms with Gasteiger partial charge in [0.2, 0.25) is 0 Å². The molecule has 31 heavy (non-hydrogen) atoms. The molecule has 0 aliphatic heterocycles. The second kappa shape index (κ2) is 12.0. The highest BCUT2D eigenvalue weighted by Gasteiger charge is 2.16. The lowest BCUT2D eigenvalue weighted by molar-refractivity contribution is -0.119. The van der Waals surface area contributed by atoms with E-state index in [-0.39, 0.29) is 12.5 Å². The Morgan fingerprint density at radius 3 is 2.26 bits per heavy atom. The van der Waals surface area contributed by atoms with Crippen LogP contribution >= 0.6 is 0 Å². The van der Waals surface area contributed by atoms with Gasteiger partial charge in [-0.05, 0) is 54.5 Å². The Kier molecular flexibility index (Phi) is 9.38. The number of hydrogen-bond donors (Lipinski definition) is 1. The first kappa shape index (κ1) is 24.3. The number of para-hydroxylation sites is 1. The lowest BCUT2D eigenvalue weighted by Crippen LogP contribution is -2.22. The molecule has 0 bridgehead atoms. The number of carbonyl (C=O) groups is 2. The van der Waals surface area contributed by atoms with E-state index in [1.54, 1.807) is 18.2 Å². The van der Waals surface area contributed by atoms with Crippen LogP contribution in [-0.4, -0.2) is 32.2 Å². The number of benzene rings is 2. The Morgan fingerprint density at radius 2 is 1.68 bits per heavy atom. The number of nitrogens with one attached hydrogen (secondary N) is 1. The van der Waals surface area contributed by atoms with Gasteiger partial charge in [0, 0.05) is 5.69 Å². The van der Waals surface area contributed by atoms with Crippen molar-refractivity contribution in [1.82, 2.24) is 0 Å². The van der Waals surface area contributed by atoms with E-state index < -0.39 is 5.97 Å². The van der Waals surface area contributed by atoms with E-state index in [0.29, 0.717) is 29.6 Å². The van der Waals surface area contributed by atoms with E-state index >= 15 is 0 Å². The smallest absolute Gasteiger partial charge is 0.338 e. The van der Waals surface area contributed by atoms with Crippen LogP contribution in [-0.2, 0) is 22.4 Å². The lowest BCUT2D eigenvalue weighted by Gasteiger charge is -2.15. The maximum atomic E-state index is 12.4. The van der Waals surface area contributed by atoms with Crippen LogP contribution in [0.1, 0.15) is 55.6 Å². The monoisotopic (exact) mass is 427 g/mol. The number of rotatable bonds is 11. The van der Waals surface area contributed by atoms with Crippen LogP contribution in [0.25, 0.3) is 0 Å². The van der Waals surface area contributed by atoms with Crippen molar-refractivity contribution in [3.8, 4) is 11.5 Å². The zero-order valence-corrected chi connectivity index (χ0v) is 19.1. The Labute approximate surface area is 184 Å². The van der Waals surface area contributed by atoms with Crippen molar-refractivity contribution in [3.05, 3.63) is 53.1 Å². The zero-order valence-electron chi connectivity index (χ0n) is 19.1. The molecule has 0 aliphatic carbocycles. The molecule has 0 saturated heterocycles. The van der Waals surface area contributed by atoms with Gasteiger partial charge in [-0.25, -0.2) is 4.79 Å². The quantitative estimate of drug-likeness (QED) is 0.509. The van der Waals surface area contributed by atoms with Gasteiger partial charge in [0.25, 0.3) is 5.91 Å². The molecule has 168 valence electrons. The zero-order chi connectivity index (χ0) is 22.8. The normalized spacial score (nSPS) is 10.6.